The summed E-state index contributed by atoms with van der Waals surface area (Å²) in [6.07, 6.45) is 0. The Morgan fingerprint density at radius 3 is 2.50 bits per heavy atom. The summed E-state index contributed by atoms with van der Waals surface area (Å²) in [5, 5.41) is 7.99. The Kier molecular flexibility index (Phi) is 11.9. The minimum Gasteiger partial charge on any atom is -1.00 e. The van der Waals surface area contributed by atoms with Gasteiger partial charge in [-0.1, -0.05) is 0 Å². The SMILES string of the molecule is CCOC(=O)CO.[H-].[K+]. The van der Waals surface area contributed by atoms with Gasteiger partial charge in [0.25, 0.3) is 0 Å². The molecule has 0 amide bonds. The molecule has 0 unspecified atom stereocenters. The summed E-state index contributed by atoms with van der Waals surface area (Å²) < 4.78 is 4.30. The summed E-state index contributed by atoms with van der Waals surface area (Å²) in [7, 11) is 0. The topological polar surface area (TPSA) is 46.5 Å². The summed E-state index contributed by atoms with van der Waals surface area (Å²) >= 11 is 0. The first kappa shape index (κ1) is 11.8. The summed E-state index contributed by atoms with van der Waals surface area (Å²) in [5.74, 6) is -0.567. The maximum atomic E-state index is 9.94. The maximum absolute atomic E-state index is 9.94. The molecule has 0 fully saturated rings. The van der Waals surface area contributed by atoms with Crippen molar-refractivity contribution in [2.24, 2.45) is 0 Å². The van der Waals surface area contributed by atoms with E-state index in [1.54, 1.807) is 6.92 Å². The van der Waals surface area contributed by atoms with Gasteiger partial charge in [-0.2, -0.15) is 0 Å². The first-order valence-electron chi connectivity index (χ1n) is 2.07. The molecule has 0 aliphatic carbocycles. The van der Waals surface area contributed by atoms with Crippen molar-refractivity contribution >= 4 is 5.97 Å². The molecular formula is C4H9KO3. The zero-order valence-corrected chi connectivity index (χ0v) is 8.30. The van der Waals surface area contributed by atoms with Crippen LogP contribution in [0.2, 0.25) is 0 Å². The van der Waals surface area contributed by atoms with E-state index >= 15 is 0 Å². The molecular weight excluding hydrogens is 135 g/mol. The average Bonchev–Trinajstić information content (AvgIpc) is 1.68. The van der Waals surface area contributed by atoms with Gasteiger partial charge in [-0.25, -0.2) is 4.79 Å². The van der Waals surface area contributed by atoms with Crippen molar-refractivity contribution < 1.29 is 67.4 Å². The second kappa shape index (κ2) is 8.07. The van der Waals surface area contributed by atoms with Crippen LogP contribution in [0.15, 0.2) is 0 Å². The molecule has 0 aromatic carbocycles. The zero-order valence-electron chi connectivity index (χ0n) is 6.18. The van der Waals surface area contributed by atoms with E-state index in [4.69, 9.17) is 5.11 Å². The molecule has 0 aliphatic heterocycles. The Morgan fingerprint density at radius 1 is 1.88 bits per heavy atom. The summed E-state index contributed by atoms with van der Waals surface area (Å²) in [4.78, 5) is 9.94. The predicted octanol–water partition coefficient (Wildman–Crippen LogP) is -3.34. The van der Waals surface area contributed by atoms with E-state index in [9.17, 15) is 4.79 Å². The molecule has 0 aromatic rings. The molecule has 0 rings (SSSR count). The molecule has 0 spiro atoms. The Morgan fingerprint density at radius 2 is 2.38 bits per heavy atom. The van der Waals surface area contributed by atoms with Gasteiger partial charge in [0.2, 0.25) is 0 Å². The molecule has 1 N–H and O–H groups in total. The normalized spacial score (nSPS) is 7.25. The van der Waals surface area contributed by atoms with Gasteiger partial charge in [-0.05, 0) is 6.92 Å². The van der Waals surface area contributed by atoms with Crippen molar-refractivity contribution in [2.75, 3.05) is 13.2 Å². The van der Waals surface area contributed by atoms with E-state index in [1.807, 2.05) is 0 Å². The number of aliphatic hydroxyl groups excluding tert-OH is 1. The van der Waals surface area contributed by atoms with Crippen LogP contribution in [0.25, 0.3) is 0 Å². The molecule has 44 valence electrons. The van der Waals surface area contributed by atoms with E-state index < -0.39 is 12.6 Å². The van der Waals surface area contributed by atoms with E-state index in [2.05, 4.69) is 4.74 Å². The number of ether oxygens (including phenoxy) is 1. The average molecular weight is 144 g/mol. The van der Waals surface area contributed by atoms with Crippen molar-refractivity contribution in [1.29, 1.82) is 0 Å². The molecule has 0 atom stereocenters. The van der Waals surface area contributed by atoms with E-state index in [0.717, 1.165) is 0 Å². The van der Waals surface area contributed by atoms with Gasteiger partial charge < -0.3 is 11.3 Å². The van der Waals surface area contributed by atoms with E-state index in [-0.39, 0.29) is 52.8 Å². The van der Waals surface area contributed by atoms with Crippen molar-refractivity contribution in [3.8, 4) is 0 Å². The predicted molar refractivity (Wildman–Crippen MR) is 24.8 cm³/mol. The largest absolute Gasteiger partial charge is 1.00 e. The molecule has 0 saturated heterocycles. The molecule has 3 nitrogen and oxygen atoms in total. The number of rotatable bonds is 2. The Labute approximate surface area is 92.3 Å². The monoisotopic (exact) mass is 144 g/mol. The van der Waals surface area contributed by atoms with Crippen molar-refractivity contribution in [3.63, 3.8) is 0 Å². The quantitative estimate of drug-likeness (QED) is 0.325. The fourth-order valence-electron chi connectivity index (χ4n) is 0.207. The summed E-state index contributed by atoms with van der Waals surface area (Å²) in [6.45, 7) is 1.50. The first-order valence-corrected chi connectivity index (χ1v) is 2.07. The second-order valence-corrected chi connectivity index (χ2v) is 0.963. The molecule has 0 bridgehead atoms. The van der Waals surface area contributed by atoms with E-state index in [1.165, 1.54) is 0 Å². The number of hydrogen-bond donors (Lipinski definition) is 1. The van der Waals surface area contributed by atoms with Crippen LogP contribution in [-0.4, -0.2) is 24.3 Å². The molecule has 0 aromatic heterocycles. The first-order chi connectivity index (χ1) is 3.31. The standard InChI is InChI=1S/C4H8O3.K.H/c1-2-7-4(6)3-5;;/h5H,2-3H2,1H3;;/q;+1;-1. The number of aliphatic hydroxyl groups is 1. The molecule has 0 radical (unpaired) electrons. The van der Waals surface area contributed by atoms with Gasteiger partial charge in [0, 0.05) is 0 Å². The third-order valence-corrected chi connectivity index (χ3v) is 0.434. The minimum atomic E-state index is -0.567. The van der Waals surface area contributed by atoms with Crippen LogP contribution >= 0.6 is 0 Å². The third-order valence-electron chi connectivity index (χ3n) is 0.434. The molecule has 0 heterocycles. The summed E-state index contributed by atoms with van der Waals surface area (Å²) in [6, 6.07) is 0. The maximum Gasteiger partial charge on any atom is 1.00 e. The smallest absolute Gasteiger partial charge is 1.00 e. The minimum absolute atomic E-state index is 0. The van der Waals surface area contributed by atoms with Crippen molar-refractivity contribution in [2.45, 2.75) is 6.92 Å². The van der Waals surface area contributed by atoms with Crippen LogP contribution in [0.4, 0.5) is 0 Å². The van der Waals surface area contributed by atoms with Crippen LogP contribution < -0.4 is 51.4 Å². The van der Waals surface area contributed by atoms with Gasteiger partial charge in [-0.3, -0.25) is 0 Å². The van der Waals surface area contributed by atoms with Crippen LogP contribution in [0.1, 0.15) is 8.35 Å². The van der Waals surface area contributed by atoms with Crippen molar-refractivity contribution in [1.82, 2.24) is 0 Å². The Bertz CT molecular complexity index is 68.8. The number of carbonyl (C=O) groups excluding carboxylic acids is 1. The van der Waals surface area contributed by atoms with Crippen molar-refractivity contribution in [3.05, 3.63) is 0 Å². The van der Waals surface area contributed by atoms with Crippen LogP contribution in [0, 0.1) is 0 Å². The van der Waals surface area contributed by atoms with Gasteiger partial charge in [-0.15, -0.1) is 0 Å². The second-order valence-electron chi connectivity index (χ2n) is 0.963. The van der Waals surface area contributed by atoms with Gasteiger partial charge in [0.1, 0.15) is 6.61 Å². The number of carbonyl (C=O) groups is 1. The van der Waals surface area contributed by atoms with Gasteiger partial charge in [0.05, 0.1) is 6.61 Å². The van der Waals surface area contributed by atoms with Gasteiger partial charge >= 0.3 is 57.4 Å². The molecule has 0 aliphatic rings. The Balaban J connectivity index is -0.000000180. The van der Waals surface area contributed by atoms with Crippen LogP contribution in [0.3, 0.4) is 0 Å². The fraction of sp³-hybridized carbons (Fsp3) is 0.750. The molecule has 4 heteroatoms. The molecule has 0 saturated carbocycles. The summed E-state index contributed by atoms with van der Waals surface area (Å²) in [5.41, 5.74) is 0. The Hall–Kier alpha value is 1.07. The molecule has 8 heavy (non-hydrogen) atoms. The van der Waals surface area contributed by atoms with Crippen LogP contribution in [-0.2, 0) is 9.53 Å². The fourth-order valence-corrected chi connectivity index (χ4v) is 0.207. The van der Waals surface area contributed by atoms with Crippen LogP contribution in [0.5, 0.6) is 0 Å². The van der Waals surface area contributed by atoms with Gasteiger partial charge in [0.15, 0.2) is 0 Å². The van der Waals surface area contributed by atoms with E-state index in [0.29, 0.717) is 6.61 Å². The zero-order chi connectivity index (χ0) is 5.70. The third kappa shape index (κ3) is 7.07. The number of esters is 1. The number of hydrogen-bond acceptors (Lipinski definition) is 3.